The van der Waals surface area contributed by atoms with E-state index < -0.39 is 0 Å². The zero-order valence-electron chi connectivity index (χ0n) is 13.3. The van der Waals surface area contributed by atoms with Gasteiger partial charge in [-0.1, -0.05) is 5.92 Å². The number of benzene rings is 1. The van der Waals surface area contributed by atoms with Gasteiger partial charge in [0.25, 0.3) is 0 Å². The quantitative estimate of drug-likeness (QED) is 0.309. The molecule has 2 N–H and O–H groups in total. The van der Waals surface area contributed by atoms with E-state index in [1.807, 2.05) is 25.1 Å². The second kappa shape index (κ2) is 12.0. The third-order valence-electron chi connectivity index (χ3n) is 2.84. The minimum atomic E-state index is 0. The van der Waals surface area contributed by atoms with Gasteiger partial charge in [0.15, 0.2) is 5.96 Å². The largest absolute Gasteiger partial charge is 0.497 e. The summed E-state index contributed by atoms with van der Waals surface area (Å²) < 4.78 is 10.6. The summed E-state index contributed by atoms with van der Waals surface area (Å²) in [6.07, 6.45) is 5.99. The van der Waals surface area contributed by atoms with Crippen LogP contribution in [0.15, 0.2) is 23.2 Å². The molecule has 0 aromatic heterocycles. The van der Waals surface area contributed by atoms with E-state index in [-0.39, 0.29) is 24.0 Å². The lowest BCUT2D eigenvalue weighted by atomic mass is 10.1. The van der Waals surface area contributed by atoms with E-state index in [4.69, 9.17) is 15.9 Å². The monoisotopic (exact) mass is 417 g/mol. The third kappa shape index (κ3) is 6.89. The second-order valence-corrected chi connectivity index (χ2v) is 4.25. The van der Waals surface area contributed by atoms with Crippen LogP contribution in [0.2, 0.25) is 0 Å². The second-order valence-electron chi connectivity index (χ2n) is 4.25. The van der Waals surface area contributed by atoms with Gasteiger partial charge < -0.3 is 20.1 Å². The Balaban J connectivity index is 0.00000441. The zero-order valence-corrected chi connectivity index (χ0v) is 15.6. The summed E-state index contributed by atoms with van der Waals surface area (Å²) in [4.78, 5) is 4.48. The molecule has 0 aliphatic heterocycles. The van der Waals surface area contributed by atoms with Crippen molar-refractivity contribution in [1.82, 2.24) is 10.6 Å². The van der Waals surface area contributed by atoms with Gasteiger partial charge in [-0.3, -0.25) is 4.99 Å². The van der Waals surface area contributed by atoms with Crippen molar-refractivity contribution in [2.24, 2.45) is 4.99 Å². The van der Waals surface area contributed by atoms with E-state index in [1.165, 1.54) is 0 Å². The molecule has 0 atom stereocenters. The molecule has 0 fully saturated rings. The first kappa shape index (κ1) is 20.4. The average Bonchev–Trinajstić information content (AvgIpc) is 2.52. The smallest absolute Gasteiger partial charge is 0.192 e. The van der Waals surface area contributed by atoms with Crippen molar-refractivity contribution in [2.75, 3.05) is 33.9 Å². The van der Waals surface area contributed by atoms with Crippen molar-refractivity contribution in [1.29, 1.82) is 0 Å². The Morgan fingerprint density at radius 1 is 1.27 bits per heavy atom. The summed E-state index contributed by atoms with van der Waals surface area (Å²) in [5, 5.41) is 6.20. The Hall–Kier alpha value is -1.62. The normalized spacial score (nSPS) is 10.2. The Kier molecular flexibility index (Phi) is 11.1. The number of hydrogen-bond acceptors (Lipinski definition) is 3. The van der Waals surface area contributed by atoms with Crippen LogP contribution in [0.5, 0.6) is 11.5 Å². The molecule has 22 heavy (non-hydrogen) atoms. The van der Waals surface area contributed by atoms with E-state index >= 15 is 0 Å². The maximum Gasteiger partial charge on any atom is 0.192 e. The summed E-state index contributed by atoms with van der Waals surface area (Å²) in [7, 11) is 3.31. The third-order valence-corrected chi connectivity index (χ3v) is 2.84. The minimum absolute atomic E-state index is 0. The number of terminal acetylenes is 1. The number of ether oxygens (including phenoxy) is 2. The predicted molar refractivity (Wildman–Crippen MR) is 101 cm³/mol. The average molecular weight is 417 g/mol. The lowest BCUT2D eigenvalue weighted by Crippen LogP contribution is -2.37. The number of guanidine groups is 1. The first-order valence-corrected chi connectivity index (χ1v) is 6.91. The van der Waals surface area contributed by atoms with Gasteiger partial charge in [0, 0.05) is 13.1 Å². The van der Waals surface area contributed by atoms with Crippen LogP contribution in [0.4, 0.5) is 0 Å². The molecular weight excluding hydrogens is 393 g/mol. The molecule has 122 valence electrons. The fourth-order valence-corrected chi connectivity index (χ4v) is 1.84. The highest BCUT2D eigenvalue weighted by atomic mass is 127. The highest BCUT2D eigenvalue weighted by Gasteiger charge is 2.05. The summed E-state index contributed by atoms with van der Waals surface area (Å²) in [5.41, 5.74) is 1.06. The number of nitrogens with one attached hydrogen (secondary N) is 2. The Bertz CT molecular complexity index is 513. The lowest BCUT2D eigenvalue weighted by molar-refractivity contribution is 0.399. The van der Waals surface area contributed by atoms with Gasteiger partial charge in [-0.15, -0.1) is 30.4 Å². The van der Waals surface area contributed by atoms with Gasteiger partial charge in [-0.2, -0.15) is 0 Å². The Labute approximate surface area is 149 Å². The van der Waals surface area contributed by atoms with E-state index in [1.54, 1.807) is 14.2 Å². The van der Waals surface area contributed by atoms with E-state index in [2.05, 4.69) is 21.5 Å². The van der Waals surface area contributed by atoms with Crippen molar-refractivity contribution in [3.8, 4) is 23.8 Å². The van der Waals surface area contributed by atoms with Crippen molar-refractivity contribution in [3.63, 3.8) is 0 Å². The maximum atomic E-state index is 5.35. The lowest BCUT2D eigenvalue weighted by Gasteiger charge is -2.11. The number of halogens is 1. The number of nitrogens with zero attached hydrogens (tertiary/aromatic N) is 1. The minimum Gasteiger partial charge on any atom is -0.497 e. The van der Waals surface area contributed by atoms with Gasteiger partial charge >= 0.3 is 0 Å². The number of aliphatic imine (C=N–C) groups is 1. The molecule has 5 nitrogen and oxygen atoms in total. The molecular formula is C16H24IN3O2. The van der Waals surface area contributed by atoms with Crippen LogP contribution in [0.3, 0.4) is 0 Å². The summed E-state index contributed by atoms with van der Waals surface area (Å²) >= 11 is 0. The summed E-state index contributed by atoms with van der Waals surface area (Å²) in [6.45, 7) is 3.88. The van der Waals surface area contributed by atoms with Crippen molar-refractivity contribution < 1.29 is 9.47 Å². The number of rotatable bonds is 7. The van der Waals surface area contributed by atoms with Gasteiger partial charge in [-0.25, -0.2) is 0 Å². The molecule has 1 rings (SSSR count). The molecule has 0 radical (unpaired) electrons. The van der Waals surface area contributed by atoms with Crippen LogP contribution in [0.25, 0.3) is 0 Å². The van der Waals surface area contributed by atoms with Crippen LogP contribution in [0.1, 0.15) is 12.5 Å². The highest BCUT2D eigenvalue weighted by molar-refractivity contribution is 14.0. The molecule has 0 unspecified atom stereocenters. The van der Waals surface area contributed by atoms with Crippen LogP contribution < -0.4 is 20.1 Å². The Morgan fingerprint density at radius 3 is 2.64 bits per heavy atom. The van der Waals surface area contributed by atoms with Gasteiger partial charge in [0.2, 0.25) is 0 Å². The van der Waals surface area contributed by atoms with Crippen molar-refractivity contribution in [2.45, 2.75) is 13.3 Å². The predicted octanol–water partition coefficient (Wildman–Crippen LogP) is 2.05. The van der Waals surface area contributed by atoms with Crippen LogP contribution in [0, 0.1) is 12.3 Å². The molecule has 1 aromatic carbocycles. The zero-order chi connectivity index (χ0) is 15.5. The van der Waals surface area contributed by atoms with Crippen LogP contribution in [-0.2, 0) is 6.42 Å². The van der Waals surface area contributed by atoms with Crippen molar-refractivity contribution >= 4 is 29.9 Å². The van der Waals surface area contributed by atoms with E-state index in [0.717, 1.165) is 36.0 Å². The van der Waals surface area contributed by atoms with Crippen LogP contribution in [-0.4, -0.2) is 39.8 Å². The molecule has 6 heteroatoms. The van der Waals surface area contributed by atoms with Crippen LogP contribution >= 0.6 is 24.0 Å². The molecule has 0 spiro atoms. The molecule has 0 amide bonds. The first-order chi connectivity index (χ1) is 10.2. The number of hydrogen-bond donors (Lipinski definition) is 2. The summed E-state index contributed by atoms with van der Waals surface area (Å²) in [5.74, 6) is 4.90. The summed E-state index contributed by atoms with van der Waals surface area (Å²) in [6, 6.07) is 5.75. The molecule has 0 bridgehead atoms. The molecule has 1 aromatic rings. The maximum absolute atomic E-state index is 5.35. The molecule has 0 saturated heterocycles. The van der Waals surface area contributed by atoms with E-state index in [0.29, 0.717) is 13.1 Å². The topological polar surface area (TPSA) is 54.9 Å². The highest BCUT2D eigenvalue weighted by Crippen LogP contribution is 2.24. The molecule has 0 aliphatic rings. The first-order valence-electron chi connectivity index (χ1n) is 6.91. The molecule has 0 aliphatic carbocycles. The fourth-order valence-electron chi connectivity index (χ4n) is 1.84. The SMILES string of the molecule is C#CCNC(=NCCc1cc(OC)ccc1OC)NCC.I. The molecule has 0 heterocycles. The number of methoxy groups -OCH3 is 2. The van der Waals surface area contributed by atoms with Gasteiger partial charge in [0.1, 0.15) is 11.5 Å². The molecule has 0 saturated carbocycles. The van der Waals surface area contributed by atoms with Gasteiger partial charge in [0.05, 0.1) is 20.8 Å². The van der Waals surface area contributed by atoms with Gasteiger partial charge in [-0.05, 0) is 37.1 Å². The standard InChI is InChI=1S/C16H23N3O2.HI/c1-5-10-18-16(17-6-2)19-11-9-13-12-14(20-3)7-8-15(13)21-4;/h1,7-8,12H,6,9-11H2,2-4H3,(H2,17,18,19);1H. The van der Waals surface area contributed by atoms with Crippen molar-refractivity contribution in [3.05, 3.63) is 23.8 Å². The fraction of sp³-hybridized carbons (Fsp3) is 0.438. The van der Waals surface area contributed by atoms with E-state index in [9.17, 15) is 0 Å². The Morgan fingerprint density at radius 2 is 2.05 bits per heavy atom.